The second-order valence-corrected chi connectivity index (χ2v) is 4.69. The summed E-state index contributed by atoms with van der Waals surface area (Å²) in [4.78, 5) is 21.8. The van der Waals surface area contributed by atoms with Crippen LogP contribution in [0.25, 0.3) is 0 Å². The lowest BCUT2D eigenvalue weighted by Crippen LogP contribution is -2.30. The highest BCUT2D eigenvalue weighted by Crippen LogP contribution is 2.12. The van der Waals surface area contributed by atoms with Crippen LogP contribution in [0.15, 0.2) is 24.3 Å². The molecule has 0 aromatic heterocycles. The molecule has 0 spiro atoms. The Labute approximate surface area is 118 Å². The third-order valence-electron chi connectivity index (χ3n) is 3.21. The molecular formula is C14H20N2O4. The Balaban J connectivity index is 2.43. The van der Waals surface area contributed by atoms with Gasteiger partial charge >= 0.3 is 0 Å². The molecule has 2 N–H and O–H groups in total. The first-order valence-electron chi connectivity index (χ1n) is 6.67. The zero-order valence-corrected chi connectivity index (χ0v) is 11.5. The number of carbonyl (C=O) groups is 1. The van der Waals surface area contributed by atoms with E-state index in [1.165, 1.54) is 12.1 Å². The second-order valence-electron chi connectivity index (χ2n) is 4.69. The molecule has 1 amide bonds. The molecule has 0 heterocycles. The average Bonchev–Trinajstić information content (AvgIpc) is 2.44. The third-order valence-corrected chi connectivity index (χ3v) is 3.21. The molecule has 0 saturated carbocycles. The van der Waals surface area contributed by atoms with E-state index in [1.54, 1.807) is 12.1 Å². The molecule has 1 atom stereocenters. The molecule has 20 heavy (non-hydrogen) atoms. The van der Waals surface area contributed by atoms with Crippen LogP contribution in [-0.4, -0.2) is 29.1 Å². The molecule has 6 nitrogen and oxygen atoms in total. The number of nitrogens with one attached hydrogen (secondary N) is 1. The summed E-state index contributed by atoms with van der Waals surface area (Å²) in [6.45, 7) is 2.68. The number of rotatable bonds is 8. The van der Waals surface area contributed by atoms with Gasteiger partial charge in [0.25, 0.3) is 5.69 Å². The van der Waals surface area contributed by atoms with Gasteiger partial charge in [-0.25, -0.2) is 0 Å². The summed E-state index contributed by atoms with van der Waals surface area (Å²) in [6, 6.07) is 5.96. The van der Waals surface area contributed by atoms with Crippen molar-refractivity contribution in [3.05, 3.63) is 39.9 Å². The van der Waals surface area contributed by atoms with E-state index in [4.69, 9.17) is 5.11 Å². The lowest BCUT2D eigenvalue weighted by molar-refractivity contribution is -0.384. The first kappa shape index (κ1) is 16.1. The summed E-state index contributed by atoms with van der Waals surface area (Å²) in [7, 11) is 0. The minimum atomic E-state index is -0.468. The summed E-state index contributed by atoms with van der Waals surface area (Å²) in [5, 5.41) is 22.2. The molecule has 6 heteroatoms. The van der Waals surface area contributed by atoms with Crippen molar-refractivity contribution in [1.82, 2.24) is 5.32 Å². The van der Waals surface area contributed by atoms with E-state index in [0.29, 0.717) is 13.0 Å². The Morgan fingerprint density at radius 3 is 2.55 bits per heavy atom. The topological polar surface area (TPSA) is 92.5 Å². The van der Waals surface area contributed by atoms with Crippen LogP contribution in [-0.2, 0) is 11.2 Å². The van der Waals surface area contributed by atoms with Gasteiger partial charge in [0.05, 0.1) is 11.3 Å². The number of nitro benzene ring substituents is 1. The largest absolute Gasteiger partial charge is 0.396 e. The zero-order valence-electron chi connectivity index (χ0n) is 11.5. The monoisotopic (exact) mass is 280 g/mol. The van der Waals surface area contributed by atoms with Gasteiger partial charge in [-0.05, 0) is 17.9 Å². The Kier molecular flexibility index (Phi) is 6.66. The first-order valence-corrected chi connectivity index (χ1v) is 6.67. The molecular weight excluding hydrogens is 260 g/mol. The van der Waals surface area contributed by atoms with Crippen LogP contribution in [0.3, 0.4) is 0 Å². The van der Waals surface area contributed by atoms with Gasteiger partial charge in [-0.3, -0.25) is 14.9 Å². The molecule has 0 fully saturated rings. The smallest absolute Gasteiger partial charge is 0.269 e. The van der Waals surface area contributed by atoms with Crippen LogP contribution in [0.4, 0.5) is 5.69 Å². The second kappa shape index (κ2) is 8.27. The molecule has 1 aromatic carbocycles. The van der Waals surface area contributed by atoms with E-state index in [2.05, 4.69) is 5.32 Å². The highest BCUT2D eigenvalue weighted by molar-refractivity contribution is 5.78. The number of benzene rings is 1. The Morgan fingerprint density at radius 2 is 2.05 bits per heavy atom. The molecule has 0 saturated heterocycles. The van der Waals surface area contributed by atoms with Crippen LogP contribution >= 0.6 is 0 Å². The summed E-state index contributed by atoms with van der Waals surface area (Å²) in [6.07, 6.45) is 1.78. The highest BCUT2D eigenvalue weighted by Gasteiger charge is 2.10. The van der Waals surface area contributed by atoms with Gasteiger partial charge in [0.15, 0.2) is 0 Å². The number of amides is 1. The molecule has 1 aromatic rings. The minimum Gasteiger partial charge on any atom is -0.396 e. The molecule has 1 rings (SSSR count). The van der Waals surface area contributed by atoms with Gasteiger partial charge in [-0.15, -0.1) is 0 Å². The summed E-state index contributed by atoms with van der Waals surface area (Å²) < 4.78 is 0. The fraction of sp³-hybridized carbons (Fsp3) is 0.500. The third kappa shape index (κ3) is 5.36. The average molecular weight is 280 g/mol. The van der Waals surface area contributed by atoms with Crippen molar-refractivity contribution in [3.63, 3.8) is 0 Å². The maximum atomic E-state index is 11.7. The van der Waals surface area contributed by atoms with Crippen molar-refractivity contribution in [2.24, 2.45) is 5.92 Å². The quantitative estimate of drug-likeness (QED) is 0.559. The molecule has 0 aliphatic rings. The van der Waals surface area contributed by atoms with Gasteiger partial charge in [-0.1, -0.05) is 25.5 Å². The van der Waals surface area contributed by atoms with Gasteiger partial charge in [0, 0.05) is 25.3 Å². The number of hydrogen-bond donors (Lipinski definition) is 2. The Morgan fingerprint density at radius 1 is 1.40 bits per heavy atom. The summed E-state index contributed by atoms with van der Waals surface area (Å²) >= 11 is 0. The lowest BCUT2D eigenvalue weighted by Gasteiger charge is -2.14. The standard InChI is InChI=1S/C14H20N2O4/c1-2-11(7-8-17)10-15-14(18)9-12-3-5-13(6-4-12)16(19)20/h3-6,11,17H,2,7-10H2,1H3,(H,15,18). The predicted octanol–water partition coefficient (Wildman–Crippen LogP) is 1.66. The highest BCUT2D eigenvalue weighted by atomic mass is 16.6. The molecule has 1 unspecified atom stereocenters. The number of aliphatic hydroxyl groups excluding tert-OH is 1. The van der Waals surface area contributed by atoms with E-state index in [-0.39, 0.29) is 30.5 Å². The van der Waals surface area contributed by atoms with Crippen LogP contribution in [0.2, 0.25) is 0 Å². The van der Waals surface area contributed by atoms with Crippen LogP contribution in [0.5, 0.6) is 0 Å². The zero-order chi connectivity index (χ0) is 15.0. The lowest BCUT2D eigenvalue weighted by atomic mass is 10.0. The van der Waals surface area contributed by atoms with E-state index in [0.717, 1.165) is 12.0 Å². The fourth-order valence-electron chi connectivity index (χ4n) is 1.87. The SMILES string of the molecule is CCC(CCO)CNC(=O)Cc1ccc([N+](=O)[O-])cc1. The molecule has 0 radical (unpaired) electrons. The predicted molar refractivity (Wildman–Crippen MR) is 75.3 cm³/mol. The molecule has 0 aliphatic carbocycles. The van der Waals surface area contributed by atoms with Gasteiger partial charge in [0.2, 0.25) is 5.91 Å². The van der Waals surface area contributed by atoms with Crippen molar-refractivity contribution in [3.8, 4) is 0 Å². The Hall–Kier alpha value is -1.95. The van der Waals surface area contributed by atoms with E-state index >= 15 is 0 Å². The maximum Gasteiger partial charge on any atom is 0.269 e. The first-order chi connectivity index (χ1) is 9.56. The van der Waals surface area contributed by atoms with Crippen molar-refractivity contribution >= 4 is 11.6 Å². The van der Waals surface area contributed by atoms with Crippen molar-refractivity contribution in [2.45, 2.75) is 26.2 Å². The van der Waals surface area contributed by atoms with E-state index < -0.39 is 4.92 Å². The van der Waals surface area contributed by atoms with Crippen LogP contribution in [0, 0.1) is 16.0 Å². The van der Waals surface area contributed by atoms with Gasteiger partial charge in [0.1, 0.15) is 0 Å². The number of hydrogen-bond acceptors (Lipinski definition) is 4. The number of carbonyl (C=O) groups excluding carboxylic acids is 1. The van der Waals surface area contributed by atoms with E-state index in [1.807, 2.05) is 6.92 Å². The summed E-state index contributed by atoms with van der Waals surface area (Å²) in [5.74, 6) is 0.163. The van der Waals surface area contributed by atoms with Crippen LogP contribution < -0.4 is 5.32 Å². The maximum absolute atomic E-state index is 11.7. The summed E-state index contributed by atoms with van der Waals surface area (Å²) in [5.41, 5.74) is 0.756. The van der Waals surface area contributed by atoms with Crippen molar-refractivity contribution in [2.75, 3.05) is 13.2 Å². The normalized spacial score (nSPS) is 11.9. The van der Waals surface area contributed by atoms with Crippen molar-refractivity contribution in [1.29, 1.82) is 0 Å². The van der Waals surface area contributed by atoms with Gasteiger partial charge < -0.3 is 10.4 Å². The number of aliphatic hydroxyl groups is 1. The number of non-ortho nitro benzene ring substituents is 1. The van der Waals surface area contributed by atoms with Crippen LogP contribution in [0.1, 0.15) is 25.3 Å². The molecule has 110 valence electrons. The molecule has 0 bridgehead atoms. The number of nitrogens with zero attached hydrogens (tertiary/aromatic N) is 1. The van der Waals surface area contributed by atoms with Gasteiger partial charge in [-0.2, -0.15) is 0 Å². The van der Waals surface area contributed by atoms with E-state index in [9.17, 15) is 14.9 Å². The minimum absolute atomic E-state index is 0.0168. The fourth-order valence-corrected chi connectivity index (χ4v) is 1.87. The molecule has 0 aliphatic heterocycles. The number of nitro groups is 1. The van der Waals surface area contributed by atoms with Crippen molar-refractivity contribution < 1.29 is 14.8 Å². The Bertz CT molecular complexity index is 445.